The molecule has 0 unspecified atom stereocenters. The summed E-state index contributed by atoms with van der Waals surface area (Å²) in [6.45, 7) is 4.67. The maximum Gasteiger partial charge on any atom is 0.178 e. The number of fused-ring (bicyclic) bond motifs is 1. The monoisotopic (exact) mass is 168 g/mol. The Hall–Kier alpha value is -1.39. The Morgan fingerprint density at radius 1 is 1.50 bits per heavy atom. The summed E-state index contributed by atoms with van der Waals surface area (Å²) in [5, 5.41) is 19.8. The van der Waals surface area contributed by atoms with Crippen molar-refractivity contribution in [3.05, 3.63) is 11.6 Å². The highest BCUT2D eigenvalue weighted by atomic mass is 16.3. The number of tetrazole rings is 1. The number of aryl methyl sites for hydroxylation is 1. The highest BCUT2D eigenvalue weighted by Crippen LogP contribution is 2.10. The van der Waals surface area contributed by atoms with Gasteiger partial charge in [-0.2, -0.15) is 0 Å². The van der Waals surface area contributed by atoms with Crippen molar-refractivity contribution in [3.63, 3.8) is 0 Å². The third kappa shape index (κ3) is 1.61. The van der Waals surface area contributed by atoms with Crippen LogP contribution in [-0.2, 0) is 6.54 Å². The van der Waals surface area contributed by atoms with Crippen LogP contribution in [0.4, 0.5) is 0 Å². The standard InChI is InChI=1S/C5H6N4O.C2H6/c10-4-1-2-9-5(3-4)6-7-8-9;1-2/h3,10H,1-2H2;1-2H3. The second kappa shape index (κ2) is 3.85. The topological polar surface area (TPSA) is 63.8 Å². The molecule has 1 aliphatic rings. The zero-order valence-corrected chi connectivity index (χ0v) is 7.23. The third-order valence-corrected chi connectivity index (χ3v) is 1.44. The zero-order chi connectivity index (χ0) is 8.97. The highest BCUT2D eigenvalue weighted by molar-refractivity contribution is 5.43. The van der Waals surface area contributed by atoms with E-state index in [1.54, 1.807) is 10.8 Å². The molecule has 1 aromatic heterocycles. The van der Waals surface area contributed by atoms with E-state index in [1.807, 2.05) is 13.8 Å². The minimum Gasteiger partial charge on any atom is -0.512 e. The van der Waals surface area contributed by atoms with Crippen molar-refractivity contribution >= 4 is 6.08 Å². The van der Waals surface area contributed by atoms with Gasteiger partial charge in [0.05, 0.1) is 12.3 Å². The molecule has 0 atom stereocenters. The van der Waals surface area contributed by atoms with Crippen molar-refractivity contribution in [2.45, 2.75) is 26.8 Å². The molecule has 66 valence electrons. The van der Waals surface area contributed by atoms with Crippen molar-refractivity contribution in [3.8, 4) is 0 Å². The van der Waals surface area contributed by atoms with Gasteiger partial charge in [-0.1, -0.05) is 13.8 Å². The summed E-state index contributed by atoms with van der Waals surface area (Å²) in [5.74, 6) is 0.978. The predicted molar refractivity (Wildman–Crippen MR) is 44.4 cm³/mol. The molecule has 0 radical (unpaired) electrons. The molecule has 0 fully saturated rings. The summed E-state index contributed by atoms with van der Waals surface area (Å²) in [5.41, 5.74) is 0. The Labute approximate surface area is 70.7 Å². The van der Waals surface area contributed by atoms with E-state index >= 15 is 0 Å². The summed E-state index contributed by atoms with van der Waals surface area (Å²) in [6, 6.07) is 0. The lowest BCUT2D eigenvalue weighted by Crippen LogP contribution is -2.08. The normalized spacial score (nSPS) is 14.0. The number of rotatable bonds is 0. The zero-order valence-electron chi connectivity index (χ0n) is 7.23. The smallest absolute Gasteiger partial charge is 0.178 e. The lowest BCUT2D eigenvalue weighted by Gasteiger charge is -2.06. The first-order valence-electron chi connectivity index (χ1n) is 4.02. The number of aromatic nitrogens is 4. The second-order valence-electron chi connectivity index (χ2n) is 2.15. The number of aliphatic hydroxyl groups is 1. The fraction of sp³-hybridized carbons (Fsp3) is 0.571. The van der Waals surface area contributed by atoms with Gasteiger partial charge in [-0.15, -0.1) is 5.10 Å². The Balaban J connectivity index is 0.000000336. The van der Waals surface area contributed by atoms with Crippen LogP contribution in [0.5, 0.6) is 0 Å². The maximum atomic E-state index is 9.03. The molecule has 0 aromatic carbocycles. The molecular weight excluding hydrogens is 156 g/mol. The molecule has 0 bridgehead atoms. The van der Waals surface area contributed by atoms with E-state index in [-0.39, 0.29) is 0 Å². The van der Waals surface area contributed by atoms with E-state index in [0.717, 1.165) is 0 Å². The first kappa shape index (κ1) is 8.70. The Kier molecular flexibility index (Phi) is 2.79. The van der Waals surface area contributed by atoms with Crippen molar-refractivity contribution in [1.82, 2.24) is 20.2 Å². The SMILES string of the molecule is CC.OC1=Cc2nnnn2CC1. The molecule has 2 heterocycles. The van der Waals surface area contributed by atoms with E-state index in [4.69, 9.17) is 5.11 Å². The van der Waals surface area contributed by atoms with E-state index in [1.165, 1.54) is 0 Å². The summed E-state index contributed by atoms with van der Waals surface area (Å²) >= 11 is 0. The Morgan fingerprint density at radius 3 is 3.00 bits per heavy atom. The lowest BCUT2D eigenvalue weighted by molar-refractivity contribution is 0.369. The number of hydrogen-bond donors (Lipinski definition) is 1. The van der Waals surface area contributed by atoms with Crippen molar-refractivity contribution < 1.29 is 5.11 Å². The quantitative estimate of drug-likeness (QED) is 0.627. The highest BCUT2D eigenvalue weighted by Gasteiger charge is 2.10. The minimum atomic E-state index is 0.349. The molecular formula is C7H12N4O. The summed E-state index contributed by atoms with van der Waals surface area (Å²) < 4.78 is 1.65. The van der Waals surface area contributed by atoms with E-state index < -0.39 is 0 Å². The molecule has 5 nitrogen and oxygen atoms in total. The maximum absolute atomic E-state index is 9.03. The largest absolute Gasteiger partial charge is 0.512 e. The molecule has 0 spiro atoms. The fourth-order valence-corrected chi connectivity index (χ4v) is 0.916. The molecule has 1 aliphatic heterocycles. The van der Waals surface area contributed by atoms with Crippen molar-refractivity contribution in [2.24, 2.45) is 0 Å². The first-order chi connectivity index (χ1) is 5.86. The number of aliphatic hydroxyl groups excluding tert-OH is 1. The molecule has 1 aromatic rings. The molecule has 5 heteroatoms. The molecule has 0 saturated carbocycles. The van der Waals surface area contributed by atoms with Crippen LogP contribution in [-0.4, -0.2) is 25.3 Å². The molecule has 0 amide bonds. The van der Waals surface area contributed by atoms with Gasteiger partial charge in [-0.3, -0.25) is 0 Å². The number of nitrogens with zero attached hydrogens (tertiary/aromatic N) is 4. The van der Waals surface area contributed by atoms with Gasteiger partial charge in [-0.05, 0) is 10.4 Å². The van der Waals surface area contributed by atoms with Gasteiger partial charge >= 0.3 is 0 Å². The number of hydrogen-bond acceptors (Lipinski definition) is 4. The van der Waals surface area contributed by atoms with Crippen molar-refractivity contribution in [1.29, 1.82) is 0 Å². The molecule has 12 heavy (non-hydrogen) atoms. The number of allylic oxidation sites excluding steroid dienone is 1. The van der Waals surface area contributed by atoms with Crippen molar-refractivity contribution in [2.75, 3.05) is 0 Å². The van der Waals surface area contributed by atoms with Gasteiger partial charge in [0.25, 0.3) is 0 Å². The van der Waals surface area contributed by atoms with Crippen LogP contribution < -0.4 is 0 Å². The molecule has 0 saturated heterocycles. The van der Waals surface area contributed by atoms with Crippen LogP contribution in [0.25, 0.3) is 6.08 Å². The second-order valence-corrected chi connectivity index (χ2v) is 2.15. The average Bonchev–Trinajstić information content (AvgIpc) is 2.54. The molecule has 0 aliphatic carbocycles. The summed E-state index contributed by atoms with van der Waals surface area (Å²) in [4.78, 5) is 0. The van der Waals surface area contributed by atoms with Crippen LogP contribution >= 0.6 is 0 Å². The van der Waals surface area contributed by atoms with Crippen LogP contribution in [0.15, 0.2) is 5.76 Å². The van der Waals surface area contributed by atoms with E-state index in [0.29, 0.717) is 24.5 Å². The third-order valence-electron chi connectivity index (χ3n) is 1.44. The van der Waals surface area contributed by atoms with Gasteiger partial charge in [-0.25, -0.2) is 4.68 Å². The average molecular weight is 168 g/mol. The van der Waals surface area contributed by atoms with Crippen LogP contribution in [0, 0.1) is 0 Å². The van der Waals surface area contributed by atoms with E-state index in [2.05, 4.69) is 15.5 Å². The van der Waals surface area contributed by atoms with Crippen LogP contribution in [0.1, 0.15) is 26.1 Å². The van der Waals surface area contributed by atoms with Gasteiger partial charge in [0.1, 0.15) is 0 Å². The van der Waals surface area contributed by atoms with Gasteiger partial charge in [0, 0.05) is 12.5 Å². The summed E-state index contributed by atoms with van der Waals surface area (Å²) in [6.07, 6.45) is 2.20. The fourth-order valence-electron chi connectivity index (χ4n) is 0.916. The van der Waals surface area contributed by atoms with E-state index in [9.17, 15) is 0 Å². The lowest BCUT2D eigenvalue weighted by atomic mass is 10.3. The van der Waals surface area contributed by atoms with Gasteiger partial charge < -0.3 is 5.11 Å². The molecule has 2 rings (SSSR count). The van der Waals surface area contributed by atoms with Gasteiger partial charge in [0.15, 0.2) is 5.82 Å². The predicted octanol–water partition coefficient (Wildman–Crippen LogP) is 1.00. The van der Waals surface area contributed by atoms with Crippen LogP contribution in [0.2, 0.25) is 0 Å². The molecule has 1 N–H and O–H groups in total. The Bertz CT molecular complexity index is 279. The van der Waals surface area contributed by atoms with Crippen LogP contribution in [0.3, 0.4) is 0 Å². The first-order valence-corrected chi connectivity index (χ1v) is 4.02. The Morgan fingerprint density at radius 2 is 2.25 bits per heavy atom. The summed E-state index contributed by atoms with van der Waals surface area (Å²) in [7, 11) is 0. The minimum absolute atomic E-state index is 0.349. The van der Waals surface area contributed by atoms with Gasteiger partial charge in [0.2, 0.25) is 0 Å².